The second-order valence-corrected chi connectivity index (χ2v) is 5.96. The van der Waals surface area contributed by atoms with Crippen LogP contribution in [0.4, 0.5) is 5.69 Å². The molecule has 0 radical (unpaired) electrons. The summed E-state index contributed by atoms with van der Waals surface area (Å²) in [7, 11) is 3.05. The number of benzene rings is 1. The fourth-order valence-corrected chi connectivity index (χ4v) is 2.99. The molecule has 1 heterocycles. The number of ether oxygens (including phenoxy) is 2. The number of aryl methyl sites for hydroxylation is 1. The lowest BCUT2D eigenvalue weighted by Crippen LogP contribution is -2.13. The van der Waals surface area contributed by atoms with Gasteiger partial charge in [-0.2, -0.15) is 0 Å². The number of thiophene rings is 1. The Morgan fingerprint density at radius 3 is 2.38 bits per heavy atom. The Bertz CT molecular complexity index is 682. The highest BCUT2D eigenvalue weighted by molar-refractivity contribution is 7.10. The summed E-state index contributed by atoms with van der Waals surface area (Å²) in [5, 5.41) is 5.08. The Balaban J connectivity index is 2.33. The molecule has 21 heavy (non-hydrogen) atoms. The molecule has 6 heteroatoms. The Morgan fingerprint density at radius 2 is 1.86 bits per heavy atom. The van der Waals surface area contributed by atoms with E-state index in [9.17, 15) is 4.79 Å². The first kappa shape index (κ1) is 15.7. The van der Waals surface area contributed by atoms with Crippen molar-refractivity contribution in [1.82, 2.24) is 0 Å². The molecule has 0 aliphatic carbocycles. The van der Waals surface area contributed by atoms with Crippen molar-refractivity contribution < 1.29 is 14.3 Å². The van der Waals surface area contributed by atoms with Gasteiger partial charge >= 0.3 is 0 Å². The summed E-state index contributed by atoms with van der Waals surface area (Å²) in [6, 6.07) is 3.26. The van der Waals surface area contributed by atoms with Crippen LogP contribution in [0.2, 0.25) is 5.02 Å². The van der Waals surface area contributed by atoms with Gasteiger partial charge in [0.2, 0.25) is 0 Å². The van der Waals surface area contributed by atoms with E-state index in [1.54, 1.807) is 23.5 Å². The van der Waals surface area contributed by atoms with Gasteiger partial charge < -0.3 is 14.8 Å². The largest absolute Gasteiger partial charge is 0.495 e. The van der Waals surface area contributed by atoms with E-state index >= 15 is 0 Å². The van der Waals surface area contributed by atoms with Gasteiger partial charge in [-0.05, 0) is 25.5 Å². The van der Waals surface area contributed by atoms with Gasteiger partial charge in [0.1, 0.15) is 11.5 Å². The number of hydrogen-bond acceptors (Lipinski definition) is 4. The summed E-state index contributed by atoms with van der Waals surface area (Å²) in [4.78, 5) is 13.5. The highest BCUT2D eigenvalue weighted by Crippen LogP contribution is 2.36. The molecular weight excluding hydrogens is 310 g/mol. The van der Waals surface area contributed by atoms with Gasteiger partial charge in [-0.3, -0.25) is 4.79 Å². The lowest BCUT2D eigenvalue weighted by molar-refractivity contribution is 0.102. The molecule has 0 aliphatic rings. The van der Waals surface area contributed by atoms with Crippen molar-refractivity contribution >= 4 is 34.5 Å². The van der Waals surface area contributed by atoms with Crippen LogP contribution >= 0.6 is 22.9 Å². The summed E-state index contributed by atoms with van der Waals surface area (Å²) in [5.41, 5.74) is 2.15. The molecule has 2 rings (SSSR count). The quantitative estimate of drug-likeness (QED) is 0.912. The third kappa shape index (κ3) is 3.14. The molecule has 0 fully saturated rings. The standard InChI is InChI=1S/C15H16ClNO3S/c1-8-9(2)21-7-10(8)15(18)17-12-5-11(16)13(19-3)6-14(12)20-4/h5-7H,1-4H3,(H,17,18). The van der Waals surface area contributed by atoms with E-state index in [1.165, 1.54) is 14.2 Å². The Hall–Kier alpha value is -1.72. The fraction of sp³-hybridized carbons (Fsp3) is 0.267. The zero-order chi connectivity index (χ0) is 15.6. The Kier molecular flexibility index (Phi) is 4.75. The fourth-order valence-electron chi connectivity index (χ4n) is 1.88. The van der Waals surface area contributed by atoms with Gasteiger partial charge in [0.15, 0.2) is 0 Å². The van der Waals surface area contributed by atoms with E-state index < -0.39 is 0 Å². The number of anilines is 1. The van der Waals surface area contributed by atoms with Crippen molar-refractivity contribution in [3.8, 4) is 11.5 Å². The average Bonchev–Trinajstić information content (AvgIpc) is 2.79. The van der Waals surface area contributed by atoms with Crippen molar-refractivity contribution in [1.29, 1.82) is 0 Å². The van der Waals surface area contributed by atoms with Crippen molar-refractivity contribution in [2.45, 2.75) is 13.8 Å². The third-order valence-electron chi connectivity index (χ3n) is 3.25. The second-order valence-electron chi connectivity index (χ2n) is 4.47. The van der Waals surface area contributed by atoms with Crippen LogP contribution in [0, 0.1) is 13.8 Å². The molecule has 0 aliphatic heterocycles. The highest BCUT2D eigenvalue weighted by Gasteiger charge is 2.16. The number of methoxy groups -OCH3 is 2. The van der Waals surface area contributed by atoms with Crippen LogP contribution in [0.5, 0.6) is 11.5 Å². The van der Waals surface area contributed by atoms with E-state index in [-0.39, 0.29) is 5.91 Å². The topological polar surface area (TPSA) is 47.6 Å². The van der Waals surface area contributed by atoms with Crippen LogP contribution < -0.4 is 14.8 Å². The maximum atomic E-state index is 12.3. The monoisotopic (exact) mass is 325 g/mol. The highest BCUT2D eigenvalue weighted by atomic mass is 35.5. The van der Waals surface area contributed by atoms with Crippen molar-refractivity contribution in [3.05, 3.63) is 38.5 Å². The first-order chi connectivity index (χ1) is 9.97. The van der Waals surface area contributed by atoms with Gasteiger partial charge in [-0.15, -0.1) is 11.3 Å². The lowest BCUT2D eigenvalue weighted by atomic mass is 10.1. The molecule has 0 saturated carbocycles. The van der Waals surface area contributed by atoms with Crippen molar-refractivity contribution in [3.63, 3.8) is 0 Å². The van der Waals surface area contributed by atoms with Crippen LogP contribution in [0.3, 0.4) is 0 Å². The molecule has 1 amide bonds. The minimum atomic E-state index is -0.184. The number of nitrogens with one attached hydrogen (secondary N) is 1. The third-order valence-corrected chi connectivity index (χ3v) is 4.56. The smallest absolute Gasteiger partial charge is 0.256 e. The molecule has 0 unspecified atom stereocenters. The molecule has 0 spiro atoms. The van der Waals surface area contributed by atoms with Gasteiger partial charge in [-0.1, -0.05) is 11.6 Å². The molecule has 0 saturated heterocycles. The Labute approximate surface area is 132 Å². The molecule has 1 N–H and O–H groups in total. The van der Waals surface area contributed by atoms with Gasteiger partial charge in [0, 0.05) is 16.3 Å². The van der Waals surface area contributed by atoms with Crippen molar-refractivity contribution in [2.75, 3.05) is 19.5 Å². The predicted octanol–water partition coefficient (Wildman–Crippen LogP) is 4.29. The zero-order valence-corrected chi connectivity index (χ0v) is 13.8. The van der Waals surface area contributed by atoms with E-state index in [1.807, 2.05) is 19.2 Å². The first-order valence-corrected chi connectivity index (χ1v) is 7.51. The average molecular weight is 326 g/mol. The predicted molar refractivity (Wildman–Crippen MR) is 86.3 cm³/mol. The molecule has 0 bridgehead atoms. The van der Waals surface area contributed by atoms with Crippen LogP contribution in [0.1, 0.15) is 20.8 Å². The number of carbonyl (C=O) groups excluding carboxylic acids is 1. The summed E-state index contributed by atoms with van der Waals surface area (Å²) in [6.07, 6.45) is 0. The SMILES string of the molecule is COc1cc(OC)c(NC(=O)c2csc(C)c2C)cc1Cl. The molecule has 1 aromatic heterocycles. The maximum Gasteiger partial charge on any atom is 0.256 e. The van der Waals surface area contributed by atoms with Crippen molar-refractivity contribution in [2.24, 2.45) is 0 Å². The van der Waals surface area contributed by atoms with Crippen LogP contribution in [0.15, 0.2) is 17.5 Å². The molecule has 0 atom stereocenters. The lowest BCUT2D eigenvalue weighted by Gasteiger charge is -2.13. The maximum absolute atomic E-state index is 12.3. The van der Waals surface area contributed by atoms with Gasteiger partial charge in [0.25, 0.3) is 5.91 Å². The summed E-state index contributed by atoms with van der Waals surface area (Å²) in [6.45, 7) is 3.92. The molecule has 4 nitrogen and oxygen atoms in total. The van der Waals surface area contributed by atoms with Crippen LogP contribution in [-0.2, 0) is 0 Å². The van der Waals surface area contributed by atoms with Crippen LogP contribution in [0.25, 0.3) is 0 Å². The summed E-state index contributed by atoms with van der Waals surface area (Å²) < 4.78 is 10.4. The van der Waals surface area contributed by atoms with E-state index in [4.69, 9.17) is 21.1 Å². The minimum Gasteiger partial charge on any atom is -0.495 e. The van der Waals surface area contributed by atoms with Gasteiger partial charge in [0.05, 0.1) is 30.5 Å². The molecule has 1 aromatic carbocycles. The molecule has 112 valence electrons. The van der Waals surface area contributed by atoms with E-state index in [2.05, 4.69) is 5.32 Å². The first-order valence-electron chi connectivity index (χ1n) is 6.25. The molecular formula is C15H16ClNO3S. The Morgan fingerprint density at radius 1 is 1.19 bits per heavy atom. The number of halogens is 1. The second kappa shape index (κ2) is 6.37. The zero-order valence-electron chi connectivity index (χ0n) is 12.2. The van der Waals surface area contributed by atoms with E-state index in [0.717, 1.165) is 10.4 Å². The van der Waals surface area contributed by atoms with Gasteiger partial charge in [-0.25, -0.2) is 0 Å². The number of carbonyl (C=O) groups is 1. The number of amides is 1. The van der Waals surface area contributed by atoms with E-state index in [0.29, 0.717) is 27.8 Å². The van der Waals surface area contributed by atoms with Crippen LogP contribution in [-0.4, -0.2) is 20.1 Å². The molecule has 2 aromatic rings. The summed E-state index contributed by atoms with van der Waals surface area (Å²) in [5.74, 6) is 0.805. The normalized spacial score (nSPS) is 10.3. The number of rotatable bonds is 4. The summed E-state index contributed by atoms with van der Waals surface area (Å²) >= 11 is 7.64. The minimum absolute atomic E-state index is 0.184. The number of hydrogen-bond donors (Lipinski definition) is 1.